The average molecular weight is 299 g/mol. The summed E-state index contributed by atoms with van der Waals surface area (Å²) in [7, 11) is 3.31. The van der Waals surface area contributed by atoms with Gasteiger partial charge in [-0.05, 0) is 41.5 Å². The summed E-state index contributed by atoms with van der Waals surface area (Å²) in [6.07, 6.45) is 3.25. The maximum atomic E-state index is 12.9. The number of nitrogens with zero attached hydrogens (tertiary/aromatic N) is 1. The quantitative estimate of drug-likeness (QED) is 0.791. The molecule has 0 aliphatic heterocycles. The second-order valence-electron chi connectivity index (χ2n) is 4.93. The van der Waals surface area contributed by atoms with Gasteiger partial charge in [-0.3, -0.25) is 4.79 Å². The summed E-state index contributed by atoms with van der Waals surface area (Å²) in [6, 6.07) is 13.6. The highest BCUT2D eigenvalue weighted by molar-refractivity contribution is 5.91. The number of hydrogen-bond donors (Lipinski definition) is 0. The molecule has 0 atom stereocenters. The van der Waals surface area contributed by atoms with Gasteiger partial charge in [0, 0.05) is 19.7 Å². The second-order valence-corrected chi connectivity index (χ2v) is 4.93. The maximum Gasteiger partial charge on any atom is 0.246 e. The number of rotatable bonds is 5. The predicted molar refractivity (Wildman–Crippen MR) is 84.9 cm³/mol. The molecule has 2 aromatic carbocycles. The van der Waals surface area contributed by atoms with Crippen molar-refractivity contribution < 1.29 is 13.9 Å². The van der Waals surface area contributed by atoms with Gasteiger partial charge in [-0.25, -0.2) is 4.39 Å². The Balaban J connectivity index is 1.98. The van der Waals surface area contributed by atoms with Crippen LogP contribution in [0.1, 0.15) is 11.1 Å². The first-order valence-electron chi connectivity index (χ1n) is 6.90. The highest BCUT2D eigenvalue weighted by atomic mass is 19.1. The normalized spacial score (nSPS) is 10.7. The minimum atomic E-state index is -0.282. The number of carbonyl (C=O) groups is 1. The van der Waals surface area contributed by atoms with Crippen molar-refractivity contribution in [3.63, 3.8) is 0 Å². The monoisotopic (exact) mass is 299 g/mol. The van der Waals surface area contributed by atoms with Crippen LogP contribution in [0.15, 0.2) is 54.6 Å². The van der Waals surface area contributed by atoms with Crippen LogP contribution in [0.3, 0.4) is 0 Å². The van der Waals surface area contributed by atoms with E-state index in [-0.39, 0.29) is 11.7 Å². The van der Waals surface area contributed by atoms with Crippen molar-refractivity contribution in [3.8, 4) is 5.75 Å². The summed E-state index contributed by atoms with van der Waals surface area (Å²) in [5.74, 6) is 0.345. The van der Waals surface area contributed by atoms with Crippen LogP contribution in [-0.2, 0) is 11.3 Å². The van der Waals surface area contributed by atoms with Crippen LogP contribution in [0.5, 0.6) is 5.75 Å². The van der Waals surface area contributed by atoms with E-state index in [2.05, 4.69) is 0 Å². The van der Waals surface area contributed by atoms with Gasteiger partial charge in [0.05, 0.1) is 7.11 Å². The molecule has 0 saturated carbocycles. The summed E-state index contributed by atoms with van der Waals surface area (Å²) >= 11 is 0. The van der Waals surface area contributed by atoms with Gasteiger partial charge in [0.2, 0.25) is 5.91 Å². The minimum absolute atomic E-state index is 0.118. The lowest BCUT2D eigenvalue weighted by Gasteiger charge is -2.15. The van der Waals surface area contributed by atoms with E-state index < -0.39 is 0 Å². The fourth-order valence-electron chi connectivity index (χ4n) is 1.98. The Hall–Kier alpha value is -2.62. The molecule has 0 bridgehead atoms. The molecule has 0 N–H and O–H groups in total. The van der Waals surface area contributed by atoms with Crippen LogP contribution in [0.2, 0.25) is 0 Å². The van der Waals surface area contributed by atoms with Crippen molar-refractivity contribution in [2.75, 3.05) is 14.2 Å². The SMILES string of the molecule is COc1cccc(/C=C/C(=O)N(C)Cc2ccc(F)cc2)c1. The molecule has 0 heterocycles. The molecule has 2 rings (SSSR count). The van der Waals surface area contributed by atoms with Gasteiger partial charge in [-0.1, -0.05) is 24.3 Å². The first-order valence-corrected chi connectivity index (χ1v) is 6.90. The van der Waals surface area contributed by atoms with Crippen molar-refractivity contribution in [1.82, 2.24) is 4.90 Å². The number of halogens is 1. The molecule has 0 fully saturated rings. The van der Waals surface area contributed by atoms with E-state index in [0.717, 1.165) is 16.9 Å². The van der Waals surface area contributed by atoms with Crippen LogP contribution < -0.4 is 4.74 Å². The molecule has 0 spiro atoms. The summed E-state index contributed by atoms with van der Waals surface area (Å²) in [4.78, 5) is 13.6. The molecule has 22 heavy (non-hydrogen) atoms. The fraction of sp³-hybridized carbons (Fsp3) is 0.167. The standard InChI is InChI=1S/C18H18FNO2/c1-20(13-15-6-9-16(19)10-7-15)18(21)11-8-14-4-3-5-17(12-14)22-2/h3-12H,13H2,1-2H3/b11-8+. The summed E-state index contributed by atoms with van der Waals surface area (Å²) < 4.78 is 18.0. The second kappa shape index (κ2) is 7.41. The third-order valence-corrected chi connectivity index (χ3v) is 3.22. The summed E-state index contributed by atoms with van der Waals surface area (Å²) in [5, 5.41) is 0. The highest BCUT2D eigenvalue weighted by Crippen LogP contribution is 2.14. The molecule has 3 nitrogen and oxygen atoms in total. The Labute approximate surface area is 129 Å². The van der Waals surface area contributed by atoms with Crippen molar-refractivity contribution in [1.29, 1.82) is 0 Å². The van der Waals surface area contributed by atoms with Crippen LogP contribution in [-0.4, -0.2) is 25.0 Å². The van der Waals surface area contributed by atoms with E-state index in [1.54, 1.807) is 37.3 Å². The smallest absolute Gasteiger partial charge is 0.246 e. The largest absolute Gasteiger partial charge is 0.497 e. The van der Waals surface area contributed by atoms with E-state index >= 15 is 0 Å². The molecule has 114 valence electrons. The molecule has 0 aliphatic carbocycles. The molecular formula is C18H18FNO2. The van der Waals surface area contributed by atoms with Gasteiger partial charge in [0.1, 0.15) is 11.6 Å². The van der Waals surface area contributed by atoms with E-state index in [1.807, 2.05) is 24.3 Å². The number of hydrogen-bond acceptors (Lipinski definition) is 2. The van der Waals surface area contributed by atoms with Gasteiger partial charge in [-0.15, -0.1) is 0 Å². The number of carbonyl (C=O) groups excluding carboxylic acids is 1. The molecule has 0 saturated heterocycles. The molecule has 4 heteroatoms. The van der Waals surface area contributed by atoms with Crippen LogP contribution >= 0.6 is 0 Å². The number of methoxy groups -OCH3 is 1. The van der Waals surface area contributed by atoms with Crippen LogP contribution in [0.4, 0.5) is 4.39 Å². The number of benzene rings is 2. The minimum Gasteiger partial charge on any atom is -0.497 e. The zero-order chi connectivity index (χ0) is 15.9. The lowest BCUT2D eigenvalue weighted by molar-refractivity contribution is -0.125. The van der Waals surface area contributed by atoms with Crippen LogP contribution in [0.25, 0.3) is 6.08 Å². The Morgan fingerprint density at radius 3 is 2.64 bits per heavy atom. The lowest BCUT2D eigenvalue weighted by Crippen LogP contribution is -2.24. The van der Waals surface area contributed by atoms with Gasteiger partial charge >= 0.3 is 0 Å². The Bertz CT molecular complexity index is 665. The van der Waals surface area contributed by atoms with Crippen molar-refractivity contribution in [3.05, 3.63) is 71.6 Å². The molecule has 0 unspecified atom stereocenters. The fourth-order valence-corrected chi connectivity index (χ4v) is 1.98. The molecule has 0 aliphatic rings. The predicted octanol–water partition coefficient (Wildman–Crippen LogP) is 3.51. The van der Waals surface area contributed by atoms with Gasteiger partial charge in [0.15, 0.2) is 0 Å². The first-order chi connectivity index (χ1) is 10.6. The number of likely N-dealkylation sites (N-methyl/N-ethyl adjacent to an activating group) is 1. The molecular weight excluding hydrogens is 281 g/mol. The average Bonchev–Trinajstić information content (AvgIpc) is 2.54. The topological polar surface area (TPSA) is 29.5 Å². The highest BCUT2D eigenvalue weighted by Gasteiger charge is 2.06. The maximum absolute atomic E-state index is 12.9. The van der Waals surface area contributed by atoms with Crippen molar-refractivity contribution >= 4 is 12.0 Å². The van der Waals surface area contributed by atoms with E-state index in [9.17, 15) is 9.18 Å². The molecule has 0 aromatic heterocycles. The van der Waals surface area contributed by atoms with E-state index in [4.69, 9.17) is 4.74 Å². The Kier molecular flexibility index (Phi) is 5.31. The van der Waals surface area contributed by atoms with Gasteiger partial charge in [-0.2, -0.15) is 0 Å². The Morgan fingerprint density at radius 1 is 1.23 bits per heavy atom. The van der Waals surface area contributed by atoms with E-state index in [0.29, 0.717) is 6.54 Å². The molecule has 0 radical (unpaired) electrons. The zero-order valence-corrected chi connectivity index (χ0v) is 12.6. The van der Waals surface area contributed by atoms with E-state index in [1.165, 1.54) is 18.2 Å². The van der Waals surface area contributed by atoms with Crippen molar-refractivity contribution in [2.45, 2.75) is 6.54 Å². The third kappa shape index (κ3) is 4.45. The van der Waals surface area contributed by atoms with Crippen molar-refractivity contribution in [2.24, 2.45) is 0 Å². The van der Waals surface area contributed by atoms with Crippen LogP contribution in [0, 0.1) is 5.82 Å². The zero-order valence-electron chi connectivity index (χ0n) is 12.6. The lowest BCUT2D eigenvalue weighted by atomic mass is 10.2. The summed E-state index contributed by atoms with van der Waals surface area (Å²) in [6.45, 7) is 0.432. The van der Waals surface area contributed by atoms with Gasteiger partial charge < -0.3 is 9.64 Å². The number of amides is 1. The Morgan fingerprint density at radius 2 is 1.95 bits per heavy atom. The number of ether oxygens (including phenoxy) is 1. The van der Waals surface area contributed by atoms with Gasteiger partial charge in [0.25, 0.3) is 0 Å². The summed E-state index contributed by atoms with van der Waals surface area (Å²) in [5.41, 5.74) is 1.77. The third-order valence-electron chi connectivity index (χ3n) is 3.22. The molecule has 1 amide bonds. The first kappa shape index (κ1) is 15.8. The molecule has 2 aromatic rings.